The minimum Gasteiger partial charge on any atom is -0.359 e. The summed E-state index contributed by atoms with van der Waals surface area (Å²) < 4.78 is 5.48. The van der Waals surface area contributed by atoms with Gasteiger partial charge in [0.2, 0.25) is 0 Å². The molecule has 0 bridgehead atoms. The molecule has 0 saturated carbocycles. The van der Waals surface area contributed by atoms with Gasteiger partial charge in [-0.2, -0.15) is 0 Å². The Morgan fingerprint density at radius 2 is 2.15 bits per heavy atom. The van der Waals surface area contributed by atoms with Gasteiger partial charge in [0.25, 0.3) is 0 Å². The lowest BCUT2D eigenvalue weighted by Crippen LogP contribution is -2.48. The molecule has 1 aromatic carbocycles. The minimum absolute atomic E-state index is 0.545. The fourth-order valence-corrected chi connectivity index (χ4v) is 2.62. The molecule has 20 heavy (non-hydrogen) atoms. The molecule has 1 atom stereocenters. The summed E-state index contributed by atoms with van der Waals surface area (Å²) in [5, 5.41) is 7.63. The number of hydrogen-bond acceptors (Lipinski definition) is 4. The summed E-state index contributed by atoms with van der Waals surface area (Å²) in [4.78, 5) is 2.40. The predicted molar refractivity (Wildman–Crippen MR) is 79.4 cm³/mol. The van der Waals surface area contributed by atoms with Crippen LogP contribution >= 0.6 is 0 Å². The van der Waals surface area contributed by atoms with E-state index in [1.54, 1.807) is 0 Å². The minimum atomic E-state index is 0.545. The van der Waals surface area contributed by atoms with Crippen LogP contribution < -0.4 is 5.32 Å². The molecule has 4 heteroatoms. The Kier molecular flexibility index (Phi) is 3.85. The van der Waals surface area contributed by atoms with Gasteiger partial charge >= 0.3 is 0 Å². The third-order valence-corrected chi connectivity index (χ3v) is 3.74. The molecule has 106 valence electrons. The van der Waals surface area contributed by atoms with Gasteiger partial charge in [-0.3, -0.25) is 4.90 Å². The largest absolute Gasteiger partial charge is 0.359 e. The lowest BCUT2D eigenvalue weighted by atomic mass is 10.1. The molecule has 0 aliphatic carbocycles. The summed E-state index contributed by atoms with van der Waals surface area (Å²) in [7, 11) is 0. The van der Waals surface area contributed by atoms with E-state index in [-0.39, 0.29) is 0 Å². The van der Waals surface area contributed by atoms with Gasteiger partial charge < -0.3 is 9.84 Å². The molecule has 0 unspecified atom stereocenters. The summed E-state index contributed by atoms with van der Waals surface area (Å²) in [6.45, 7) is 8.30. The van der Waals surface area contributed by atoms with Crippen LogP contribution in [0.1, 0.15) is 18.2 Å². The van der Waals surface area contributed by atoms with E-state index < -0.39 is 0 Å². The molecule has 2 heterocycles. The maximum absolute atomic E-state index is 5.48. The van der Waals surface area contributed by atoms with Gasteiger partial charge in [0.1, 0.15) is 5.69 Å². The highest BCUT2D eigenvalue weighted by Gasteiger charge is 2.17. The molecule has 0 amide bonds. The summed E-state index contributed by atoms with van der Waals surface area (Å²) in [6, 6.07) is 11.0. The van der Waals surface area contributed by atoms with Crippen LogP contribution in [0.25, 0.3) is 11.3 Å². The molecule has 1 saturated heterocycles. The number of aryl methyl sites for hydroxylation is 1. The zero-order valence-electron chi connectivity index (χ0n) is 12.1. The molecule has 1 fully saturated rings. The smallest absolute Gasteiger partial charge is 0.151 e. The Balaban J connectivity index is 1.69. The second-order valence-electron chi connectivity index (χ2n) is 5.63. The van der Waals surface area contributed by atoms with Crippen molar-refractivity contribution >= 4 is 0 Å². The van der Waals surface area contributed by atoms with Gasteiger partial charge in [-0.25, -0.2) is 0 Å². The highest BCUT2D eigenvalue weighted by molar-refractivity contribution is 5.59. The van der Waals surface area contributed by atoms with Crippen LogP contribution in [0.4, 0.5) is 0 Å². The summed E-state index contributed by atoms with van der Waals surface area (Å²) >= 11 is 0. The summed E-state index contributed by atoms with van der Waals surface area (Å²) in [5.41, 5.74) is 3.29. The number of piperazine rings is 1. The van der Waals surface area contributed by atoms with Crippen molar-refractivity contribution in [1.82, 2.24) is 15.4 Å². The lowest BCUT2D eigenvalue weighted by Gasteiger charge is -2.30. The molecule has 0 radical (unpaired) electrons. The Bertz CT molecular complexity index is 561. The van der Waals surface area contributed by atoms with Gasteiger partial charge in [0.05, 0.1) is 6.54 Å². The van der Waals surface area contributed by atoms with Gasteiger partial charge in [-0.1, -0.05) is 35.0 Å². The number of hydrogen-bond donors (Lipinski definition) is 1. The second kappa shape index (κ2) is 5.77. The summed E-state index contributed by atoms with van der Waals surface area (Å²) in [5.74, 6) is 0.940. The average Bonchev–Trinajstić information content (AvgIpc) is 2.88. The van der Waals surface area contributed by atoms with E-state index in [2.05, 4.69) is 59.6 Å². The van der Waals surface area contributed by atoms with Crippen LogP contribution in [0.3, 0.4) is 0 Å². The van der Waals surface area contributed by atoms with Crippen LogP contribution in [0, 0.1) is 6.92 Å². The molecule has 1 aromatic heterocycles. The monoisotopic (exact) mass is 271 g/mol. The Morgan fingerprint density at radius 3 is 2.90 bits per heavy atom. The molecule has 0 spiro atoms. The quantitative estimate of drug-likeness (QED) is 0.931. The van der Waals surface area contributed by atoms with Crippen molar-refractivity contribution in [2.75, 3.05) is 19.6 Å². The SMILES string of the molecule is Cc1ccc(-c2cc(CN3CCN[C@H](C)C3)on2)cc1. The maximum atomic E-state index is 5.48. The normalized spacial score (nSPS) is 20.2. The molecule has 3 rings (SSSR count). The first-order valence-corrected chi connectivity index (χ1v) is 7.19. The average molecular weight is 271 g/mol. The van der Waals surface area contributed by atoms with Crippen molar-refractivity contribution in [2.45, 2.75) is 26.4 Å². The Morgan fingerprint density at radius 1 is 1.35 bits per heavy atom. The van der Waals surface area contributed by atoms with Gasteiger partial charge in [0.15, 0.2) is 5.76 Å². The molecule has 1 aliphatic heterocycles. The third-order valence-electron chi connectivity index (χ3n) is 3.74. The summed E-state index contributed by atoms with van der Waals surface area (Å²) in [6.07, 6.45) is 0. The van der Waals surface area contributed by atoms with E-state index in [1.165, 1.54) is 5.56 Å². The molecular formula is C16H21N3O. The fourth-order valence-electron chi connectivity index (χ4n) is 2.62. The number of rotatable bonds is 3. The highest BCUT2D eigenvalue weighted by atomic mass is 16.5. The van der Waals surface area contributed by atoms with E-state index in [0.29, 0.717) is 6.04 Å². The Hall–Kier alpha value is -1.65. The second-order valence-corrected chi connectivity index (χ2v) is 5.63. The van der Waals surface area contributed by atoms with Crippen molar-refractivity contribution in [3.05, 3.63) is 41.7 Å². The van der Waals surface area contributed by atoms with Crippen molar-refractivity contribution in [1.29, 1.82) is 0 Å². The highest BCUT2D eigenvalue weighted by Crippen LogP contribution is 2.20. The van der Waals surface area contributed by atoms with Crippen LogP contribution in [-0.2, 0) is 6.54 Å². The van der Waals surface area contributed by atoms with Gasteiger partial charge in [-0.15, -0.1) is 0 Å². The molecule has 1 N–H and O–H groups in total. The first-order chi connectivity index (χ1) is 9.70. The van der Waals surface area contributed by atoms with Crippen LogP contribution in [0.15, 0.2) is 34.9 Å². The van der Waals surface area contributed by atoms with Crippen molar-refractivity contribution in [3.63, 3.8) is 0 Å². The first-order valence-electron chi connectivity index (χ1n) is 7.19. The van der Waals surface area contributed by atoms with E-state index in [0.717, 1.165) is 43.2 Å². The standard InChI is InChI=1S/C16H21N3O/c1-12-3-5-14(6-4-12)16-9-15(20-18-16)11-19-8-7-17-13(2)10-19/h3-6,9,13,17H,7-8,10-11H2,1-2H3/t13-/m1/s1. The molecule has 2 aromatic rings. The first kappa shape index (κ1) is 13.3. The van der Waals surface area contributed by atoms with Crippen molar-refractivity contribution in [2.24, 2.45) is 0 Å². The fraction of sp³-hybridized carbons (Fsp3) is 0.438. The van der Waals surface area contributed by atoms with Crippen molar-refractivity contribution < 1.29 is 4.52 Å². The zero-order chi connectivity index (χ0) is 13.9. The molecular weight excluding hydrogens is 250 g/mol. The molecule has 1 aliphatic rings. The van der Waals surface area contributed by atoms with E-state index >= 15 is 0 Å². The number of benzene rings is 1. The lowest BCUT2D eigenvalue weighted by molar-refractivity contribution is 0.180. The Labute approximate surface area is 119 Å². The topological polar surface area (TPSA) is 41.3 Å². The molecule has 4 nitrogen and oxygen atoms in total. The number of aromatic nitrogens is 1. The number of nitrogens with one attached hydrogen (secondary N) is 1. The predicted octanol–water partition coefficient (Wildman–Crippen LogP) is 2.44. The van der Waals surface area contributed by atoms with Crippen LogP contribution in [0.5, 0.6) is 0 Å². The van der Waals surface area contributed by atoms with E-state index in [9.17, 15) is 0 Å². The van der Waals surface area contributed by atoms with Crippen LogP contribution in [-0.4, -0.2) is 35.7 Å². The van der Waals surface area contributed by atoms with E-state index in [4.69, 9.17) is 4.52 Å². The van der Waals surface area contributed by atoms with E-state index in [1.807, 2.05) is 0 Å². The van der Waals surface area contributed by atoms with Crippen LogP contribution in [0.2, 0.25) is 0 Å². The number of nitrogens with zero attached hydrogens (tertiary/aromatic N) is 2. The van der Waals surface area contributed by atoms with Gasteiger partial charge in [0, 0.05) is 37.3 Å². The van der Waals surface area contributed by atoms with Gasteiger partial charge in [-0.05, 0) is 13.8 Å². The van der Waals surface area contributed by atoms with Crippen molar-refractivity contribution in [3.8, 4) is 11.3 Å². The third kappa shape index (κ3) is 3.08. The zero-order valence-corrected chi connectivity index (χ0v) is 12.1. The maximum Gasteiger partial charge on any atom is 0.151 e.